The van der Waals surface area contributed by atoms with Gasteiger partial charge >= 0.3 is 0 Å². The quantitative estimate of drug-likeness (QED) is 0.827. The molecule has 1 saturated heterocycles. The van der Waals surface area contributed by atoms with Gasteiger partial charge < -0.3 is 5.32 Å². The largest absolute Gasteiger partial charge is 0.316 e. The highest BCUT2D eigenvalue weighted by molar-refractivity contribution is 7.89. The second-order valence-electron chi connectivity index (χ2n) is 4.36. The zero-order chi connectivity index (χ0) is 12.3. The number of hydrogen-bond donors (Lipinski definition) is 2. The standard InChI is InChI=1S/C10H18N4O2S.ClH/c1-14-10(4-6-12-14)17(15,16)13-8-9-3-2-5-11-7-9;/h4,6,9,11,13H,2-3,5,7-8H2,1H3;1H. The van der Waals surface area contributed by atoms with E-state index in [1.807, 2.05) is 0 Å². The number of halogens is 1. The molecule has 2 heterocycles. The van der Waals surface area contributed by atoms with Gasteiger partial charge in [0.2, 0.25) is 0 Å². The van der Waals surface area contributed by atoms with Gasteiger partial charge in [-0.1, -0.05) is 0 Å². The lowest BCUT2D eigenvalue weighted by atomic mass is 10.0. The summed E-state index contributed by atoms with van der Waals surface area (Å²) in [7, 11) is -1.80. The Labute approximate surface area is 114 Å². The SMILES string of the molecule is Cl.Cn1nccc1S(=O)(=O)NCC1CCCNC1. The lowest BCUT2D eigenvalue weighted by Crippen LogP contribution is -2.38. The Morgan fingerprint density at radius 2 is 2.39 bits per heavy atom. The number of sulfonamides is 1. The molecule has 1 aliphatic heterocycles. The maximum absolute atomic E-state index is 12.0. The Balaban J connectivity index is 0.00000162. The van der Waals surface area contributed by atoms with E-state index in [0.717, 1.165) is 25.9 Å². The van der Waals surface area contributed by atoms with E-state index in [1.165, 1.54) is 16.9 Å². The Kier molecular flexibility index (Phi) is 5.58. The molecule has 18 heavy (non-hydrogen) atoms. The van der Waals surface area contributed by atoms with Crippen LogP contribution in [0.4, 0.5) is 0 Å². The molecule has 0 aromatic carbocycles. The van der Waals surface area contributed by atoms with Crippen molar-refractivity contribution in [2.75, 3.05) is 19.6 Å². The van der Waals surface area contributed by atoms with Crippen LogP contribution in [0.15, 0.2) is 17.3 Å². The van der Waals surface area contributed by atoms with Gasteiger partial charge in [0.05, 0.1) is 6.20 Å². The van der Waals surface area contributed by atoms with Gasteiger partial charge in [-0.2, -0.15) is 5.10 Å². The fourth-order valence-corrected chi connectivity index (χ4v) is 3.26. The van der Waals surface area contributed by atoms with Gasteiger partial charge in [0.25, 0.3) is 10.0 Å². The molecule has 1 aromatic rings. The van der Waals surface area contributed by atoms with E-state index in [4.69, 9.17) is 0 Å². The minimum absolute atomic E-state index is 0. The van der Waals surface area contributed by atoms with Gasteiger partial charge in [-0.05, 0) is 37.9 Å². The Bertz CT molecular complexity index is 468. The van der Waals surface area contributed by atoms with E-state index >= 15 is 0 Å². The highest BCUT2D eigenvalue weighted by Gasteiger charge is 2.20. The minimum atomic E-state index is -3.42. The highest BCUT2D eigenvalue weighted by Crippen LogP contribution is 2.11. The molecule has 1 atom stereocenters. The van der Waals surface area contributed by atoms with E-state index in [2.05, 4.69) is 15.1 Å². The Hall–Kier alpha value is -0.630. The van der Waals surface area contributed by atoms with Gasteiger partial charge in [-0.25, -0.2) is 13.1 Å². The fourth-order valence-electron chi connectivity index (χ4n) is 2.03. The number of nitrogens with zero attached hydrogens (tertiary/aromatic N) is 2. The van der Waals surface area contributed by atoms with Crippen LogP contribution in [0, 0.1) is 5.92 Å². The van der Waals surface area contributed by atoms with Gasteiger partial charge in [-0.15, -0.1) is 12.4 Å². The predicted octanol–water partition coefficient (Wildman–Crippen LogP) is 0.120. The van der Waals surface area contributed by atoms with Crippen molar-refractivity contribution in [1.29, 1.82) is 0 Å². The molecule has 0 amide bonds. The summed E-state index contributed by atoms with van der Waals surface area (Å²) in [6, 6.07) is 1.50. The zero-order valence-electron chi connectivity index (χ0n) is 10.3. The average Bonchev–Trinajstić information content (AvgIpc) is 2.75. The van der Waals surface area contributed by atoms with Crippen molar-refractivity contribution in [3.05, 3.63) is 12.3 Å². The number of hydrogen-bond acceptors (Lipinski definition) is 4. The third-order valence-electron chi connectivity index (χ3n) is 3.01. The summed E-state index contributed by atoms with van der Waals surface area (Å²) in [5.41, 5.74) is 0. The third kappa shape index (κ3) is 3.68. The summed E-state index contributed by atoms with van der Waals surface area (Å²) < 4.78 is 27.9. The summed E-state index contributed by atoms with van der Waals surface area (Å²) in [6.45, 7) is 2.40. The van der Waals surface area contributed by atoms with Crippen LogP contribution >= 0.6 is 12.4 Å². The first-order valence-corrected chi connectivity index (χ1v) is 7.26. The van der Waals surface area contributed by atoms with E-state index in [-0.39, 0.29) is 17.4 Å². The molecule has 8 heteroatoms. The molecule has 0 saturated carbocycles. The first-order chi connectivity index (χ1) is 8.09. The van der Waals surface area contributed by atoms with E-state index < -0.39 is 10.0 Å². The third-order valence-corrected chi connectivity index (χ3v) is 4.51. The summed E-state index contributed by atoms with van der Waals surface area (Å²) in [5.74, 6) is 0.381. The van der Waals surface area contributed by atoms with Crippen LogP contribution in [-0.2, 0) is 17.1 Å². The average molecular weight is 295 g/mol. The molecular weight excluding hydrogens is 276 g/mol. The lowest BCUT2D eigenvalue weighted by molar-refractivity contribution is 0.375. The van der Waals surface area contributed by atoms with Gasteiger partial charge in [0.15, 0.2) is 5.03 Å². The number of piperidine rings is 1. The van der Waals surface area contributed by atoms with Crippen molar-refractivity contribution in [3.63, 3.8) is 0 Å². The smallest absolute Gasteiger partial charge is 0.257 e. The molecule has 2 N–H and O–H groups in total. The monoisotopic (exact) mass is 294 g/mol. The van der Waals surface area contributed by atoms with E-state index in [1.54, 1.807) is 7.05 Å². The topological polar surface area (TPSA) is 76.0 Å². The summed E-state index contributed by atoms with van der Waals surface area (Å²) in [6.07, 6.45) is 3.66. The van der Waals surface area contributed by atoms with Crippen molar-refractivity contribution in [1.82, 2.24) is 19.8 Å². The van der Waals surface area contributed by atoms with Crippen LogP contribution in [0.3, 0.4) is 0 Å². The highest BCUT2D eigenvalue weighted by atomic mass is 35.5. The van der Waals surface area contributed by atoms with Crippen molar-refractivity contribution >= 4 is 22.4 Å². The summed E-state index contributed by atoms with van der Waals surface area (Å²) >= 11 is 0. The summed E-state index contributed by atoms with van der Waals surface area (Å²) in [5, 5.41) is 7.34. The summed E-state index contributed by atoms with van der Waals surface area (Å²) in [4.78, 5) is 0. The maximum atomic E-state index is 12.0. The van der Waals surface area contributed by atoms with Gasteiger partial charge in [0.1, 0.15) is 0 Å². The lowest BCUT2D eigenvalue weighted by Gasteiger charge is -2.22. The molecule has 0 spiro atoms. The second kappa shape index (κ2) is 6.51. The minimum Gasteiger partial charge on any atom is -0.316 e. The van der Waals surface area contributed by atoms with Crippen LogP contribution in [-0.4, -0.2) is 37.8 Å². The second-order valence-corrected chi connectivity index (χ2v) is 6.07. The normalized spacial score (nSPS) is 20.4. The first-order valence-electron chi connectivity index (χ1n) is 5.78. The zero-order valence-corrected chi connectivity index (χ0v) is 11.9. The predicted molar refractivity (Wildman–Crippen MR) is 71.2 cm³/mol. The number of aromatic nitrogens is 2. The van der Waals surface area contributed by atoms with Crippen molar-refractivity contribution in [3.8, 4) is 0 Å². The van der Waals surface area contributed by atoms with Crippen LogP contribution in [0.2, 0.25) is 0 Å². The molecule has 1 aliphatic rings. The van der Waals surface area contributed by atoms with Crippen molar-refractivity contribution in [2.45, 2.75) is 17.9 Å². The van der Waals surface area contributed by atoms with Gasteiger partial charge in [0, 0.05) is 13.6 Å². The molecule has 0 radical (unpaired) electrons. The number of aryl methyl sites for hydroxylation is 1. The Morgan fingerprint density at radius 3 is 2.94 bits per heavy atom. The molecule has 104 valence electrons. The fraction of sp³-hybridized carbons (Fsp3) is 0.700. The molecular formula is C10H19ClN4O2S. The molecule has 6 nitrogen and oxygen atoms in total. The Morgan fingerprint density at radius 1 is 1.61 bits per heavy atom. The molecule has 0 aliphatic carbocycles. The van der Waals surface area contributed by atoms with E-state index in [9.17, 15) is 8.42 Å². The molecule has 1 unspecified atom stereocenters. The van der Waals surface area contributed by atoms with Gasteiger partial charge in [-0.3, -0.25) is 4.68 Å². The van der Waals surface area contributed by atoms with Crippen molar-refractivity contribution < 1.29 is 8.42 Å². The van der Waals surface area contributed by atoms with Crippen LogP contribution in [0.1, 0.15) is 12.8 Å². The van der Waals surface area contributed by atoms with Crippen LogP contribution < -0.4 is 10.0 Å². The first kappa shape index (κ1) is 15.4. The molecule has 2 rings (SSSR count). The molecule has 1 aromatic heterocycles. The maximum Gasteiger partial charge on any atom is 0.257 e. The number of nitrogens with one attached hydrogen (secondary N) is 2. The molecule has 1 fully saturated rings. The molecule has 0 bridgehead atoms. The number of rotatable bonds is 4. The van der Waals surface area contributed by atoms with Crippen LogP contribution in [0.25, 0.3) is 0 Å². The van der Waals surface area contributed by atoms with E-state index in [0.29, 0.717) is 12.5 Å². The van der Waals surface area contributed by atoms with Crippen molar-refractivity contribution in [2.24, 2.45) is 13.0 Å². The van der Waals surface area contributed by atoms with Crippen LogP contribution in [0.5, 0.6) is 0 Å².